The van der Waals surface area contributed by atoms with E-state index in [4.69, 9.17) is 4.74 Å². The number of benzene rings is 1. The lowest BCUT2D eigenvalue weighted by Crippen LogP contribution is -2.20. The average molecular weight is 380 g/mol. The summed E-state index contributed by atoms with van der Waals surface area (Å²) in [5.41, 5.74) is 1.65. The van der Waals surface area contributed by atoms with Crippen LogP contribution in [0.15, 0.2) is 23.0 Å². The second-order valence-electron chi connectivity index (χ2n) is 6.53. The molecule has 0 radical (unpaired) electrons. The quantitative estimate of drug-likeness (QED) is 0.862. The van der Waals surface area contributed by atoms with Crippen molar-refractivity contribution in [3.05, 3.63) is 57.3 Å². The number of ether oxygens (including phenoxy) is 2. The topological polar surface area (TPSA) is 64.2 Å². The number of aromatic nitrogens is 2. The molecule has 7 heteroatoms. The van der Waals surface area contributed by atoms with E-state index >= 15 is 0 Å². The number of nitrogens with one attached hydrogen (secondary N) is 1. The summed E-state index contributed by atoms with van der Waals surface area (Å²) in [7, 11) is 1.29. The van der Waals surface area contributed by atoms with Gasteiger partial charge in [0.05, 0.1) is 13.2 Å². The average Bonchev–Trinajstić information content (AvgIpc) is 3.07. The van der Waals surface area contributed by atoms with Gasteiger partial charge in [0.2, 0.25) is 5.82 Å². The van der Waals surface area contributed by atoms with Crippen molar-refractivity contribution in [2.24, 2.45) is 0 Å². The van der Waals surface area contributed by atoms with Crippen LogP contribution in [0.2, 0.25) is 0 Å². The Morgan fingerprint density at radius 3 is 2.59 bits per heavy atom. The zero-order valence-electron chi connectivity index (χ0n) is 16.1. The minimum Gasteiger partial charge on any atom is -0.494 e. The fourth-order valence-electron chi connectivity index (χ4n) is 2.97. The molecule has 1 aliphatic heterocycles. The molecule has 1 aromatic carbocycles. The Balaban J connectivity index is 0.000000223. The van der Waals surface area contributed by atoms with E-state index in [1.807, 2.05) is 6.92 Å². The zero-order chi connectivity index (χ0) is 20.0. The van der Waals surface area contributed by atoms with E-state index < -0.39 is 11.6 Å². The van der Waals surface area contributed by atoms with Crippen molar-refractivity contribution >= 4 is 0 Å². The van der Waals surface area contributed by atoms with Crippen LogP contribution in [-0.2, 0) is 11.2 Å². The van der Waals surface area contributed by atoms with Crippen molar-refractivity contribution in [2.75, 3.05) is 7.11 Å². The maximum Gasteiger partial charge on any atom is 0.254 e. The van der Waals surface area contributed by atoms with Gasteiger partial charge in [-0.1, -0.05) is 19.4 Å². The second-order valence-corrected chi connectivity index (χ2v) is 6.53. The number of hydrogen-bond acceptors (Lipinski definition) is 4. The summed E-state index contributed by atoms with van der Waals surface area (Å²) in [5.74, 6) is -1.21. The van der Waals surface area contributed by atoms with Crippen molar-refractivity contribution in [1.29, 1.82) is 0 Å². The van der Waals surface area contributed by atoms with Crippen molar-refractivity contribution < 1.29 is 18.3 Å². The normalized spacial score (nSPS) is 18.7. The van der Waals surface area contributed by atoms with Crippen LogP contribution >= 0.6 is 0 Å². The fraction of sp³-hybridized carbons (Fsp3) is 0.500. The Hall–Kier alpha value is -2.28. The monoisotopic (exact) mass is 380 g/mol. The molecule has 0 saturated carbocycles. The Labute approximate surface area is 157 Å². The maximum atomic E-state index is 12.5. The molecule has 148 valence electrons. The minimum absolute atomic E-state index is 0.00231. The first-order valence-electron chi connectivity index (χ1n) is 9.10. The van der Waals surface area contributed by atoms with Gasteiger partial charge in [0.15, 0.2) is 11.6 Å². The largest absolute Gasteiger partial charge is 0.494 e. The van der Waals surface area contributed by atoms with Gasteiger partial charge in [0, 0.05) is 11.3 Å². The standard InChI is InChI=1S/C13H20N2O2.C7H6F2O/c1-4-5-10-9(3)14-12(15-13(10)16)11-7-6-8(2)17-11;1-10-6-4-2-3-5(8)7(6)9/h8,11H,4-7H2,1-3H3,(H,14,15,16);2-4H,1H3. The first kappa shape index (κ1) is 21.0. The Bertz CT molecular complexity index is 823. The summed E-state index contributed by atoms with van der Waals surface area (Å²) >= 11 is 0. The summed E-state index contributed by atoms with van der Waals surface area (Å²) < 4.78 is 35.0. The molecule has 3 rings (SSSR count). The van der Waals surface area contributed by atoms with Gasteiger partial charge < -0.3 is 14.5 Å². The van der Waals surface area contributed by atoms with Gasteiger partial charge in [-0.25, -0.2) is 9.37 Å². The molecule has 2 heterocycles. The smallest absolute Gasteiger partial charge is 0.254 e. The van der Waals surface area contributed by atoms with E-state index in [1.54, 1.807) is 0 Å². The van der Waals surface area contributed by atoms with Crippen LogP contribution in [0.5, 0.6) is 5.75 Å². The highest BCUT2D eigenvalue weighted by Crippen LogP contribution is 2.30. The third-order valence-corrected chi connectivity index (χ3v) is 4.41. The van der Waals surface area contributed by atoms with Crippen LogP contribution in [0.3, 0.4) is 0 Å². The van der Waals surface area contributed by atoms with Gasteiger partial charge in [0.25, 0.3) is 5.56 Å². The first-order chi connectivity index (χ1) is 12.9. The van der Waals surface area contributed by atoms with Gasteiger partial charge in [-0.15, -0.1) is 0 Å². The third kappa shape index (κ3) is 5.35. The number of methoxy groups -OCH3 is 1. The van der Waals surface area contributed by atoms with Crippen LogP contribution in [0.25, 0.3) is 0 Å². The van der Waals surface area contributed by atoms with Crippen molar-refractivity contribution in [1.82, 2.24) is 9.97 Å². The molecule has 1 saturated heterocycles. The predicted molar refractivity (Wildman–Crippen MR) is 99.0 cm³/mol. The predicted octanol–water partition coefficient (Wildman–Crippen LogP) is 4.24. The van der Waals surface area contributed by atoms with E-state index in [0.717, 1.165) is 43.0 Å². The van der Waals surface area contributed by atoms with Gasteiger partial charge in [0.1, 0.15) is 11.9 Å². The van der Waals surface area contributed by atoms with Gasteiger partial charge in [-0.2, -0.15) is 4.39 Å². The molecule has 1 fully saturated rings. The lowest BCUT2D eigenvalue weighted by atomic mass is 10.1. The lowest BCUT2D eigenvalue weighted by Gasteiger charge is -2.12. The Kier molecular flexibility index (Phi) is 7.47. The Morgan fingerprint density at radius 1 is 1.33 bits per heavy atom. The van der Waals surface area contributed by atoms with Gasteiger partial charge in [-0.05, 0) is 45.2 Å². The van der Waals surface area contributed by atoms with Crippen LogP contribution in [0.4, 0.5) is 8.78 Å². The molecule has 2 atom stereocenters. The molecule has 1 aromatic heterocycles. The number of hydrogen-bond donors (Lipinski definition) is 1. The van der Waals surface area contributed by atoms with Crippen molar-refractivity contribution in [2.45, 2.75) is 58.7 Å². The van der Waals surface area contributed by atoms with E-state index in [-0.39, 0.29) is 23.5 Å². The number of aryl methyl sites for hydroxylation is 1. The van der Waals surface area contributed by atoms with Crippen molar-refractivity contribution in [3.8, 4) is 5.75 Å². The third-order valence-electron chi connectivity index (χ3n) is 4.41. The number of aromatic amines is 1. The van der Waals surface area contributed by atoms with Crippen LogP contribution in [-0.4, -0.2) is 23.2 Å². The van der Waals surface area contributed by atoms with Crippen LogP contribution in [0.1, 0.15) is 56.3 Å². The summed E-state index contributed by atoms with van der Waals surface area (Å²) in [6.45, 7) is 6.02. The number of nitrogens with zero attached hydrogens (tertiary/aromatic N) is 1. The molecule has 1 aliphatic rings. The SMILES string of the molecule is CCCc1c(C)nc(C2CCC(C)O2)[nH]c1=O.COc1cccc(F)c1F. The molecule has 0 bridgehead atoms. The molecular weight excluding hydrogens is 354 g/mol. The van der Waals surface area contributed by atoms with E-state index in [1.165, 1.54) is 19.2 Å². The molecule has 5 nitrogen and oxygen atoms in total. The van der Waals surface area contributed by atoms with Gasteiger partial charge in [-0.3, -0.25) is 4.79 Å². The lowest BCUT2D eigenvalue weighted by molar-refractivity contribution is 0.0500. The summed E-state index contributed by atoms with van der Waals surface area (Å²) in [4.78, 5) is 19.3. The van der Waals surface area contributed by atoms with E-state index in [2.05, 4.69) is 28.6 Å². The summed E-state index contributed by atoms with van der Waals surface area (Å²) in [6.07, 6.45) is 3.95. The summed E-state index contributed by atoms with van der Waals surface area (Å²) in [6, 6.07) is 3.79. The minimum atomic E-state index is -0.940. The first-order valence-corrected chi connectivity index (χ1v) is 9.10. The van der Waals surface area contributed by atoms with Crippen molar-refractivity contribution in [3.63, 3.8) is 0 Å². The molecule has 0 spiro atoms. The second kappa shape index (κ2) is 9.60. The summed E-state index contributed by atoms with van der Waals surface area (Å²) in [5, 5.41) is 0. The van der Waals surface area contributed by atoms with Crippen LogP contribution < -0.4 is 10.3 Å². The van der Waals surface area contributed by atoms with Crippen LogP contribution in [0, 0.1) is 18.6 Å². The number of H-pyrrole nitrogens is 1. The maximum absolute atomic E-state index is 12.5. The highest BCUT2D eigenvalue weighted by Gasteiger charge is 2.26. The Morgan fingerprint density at radius 2 is 2.07 bits per heavy atom. The molecule has 1 N–H and O–H groups in total. The fourth-order valence-corrected chi connectivity index (χ4v) is 2.97. The molecular formula is C20H26F2N2O3. The number of rotatable bonds is 4. The zero-order valence-corrected chi connectivity index (χ0v) is 16.1. The highest BCUT2D eigenvalue weighted by atomic mass is 19.2. The molecule has 2 aromatic rings. The van der Waals surface area contributed by atoms with E-state index in [0.29, 0.717) is 5.82 Å². The molecule has 27 heavy (non-hydrogen) atoms. The molecule has 0 aliphatic carbocycles. The molecule has 2 unspecified atom stereocenters. The highest BCUT2D eigenvalue weighted by molar-refractivity contribution is 5.24. The molecule has 0 amide bonds. The number of halogens is 2. The van der Waals surface area contributed by atoms with E-state index in [9.17, 15) is 13.6 Å². The van der Waals surface area contributed by atoms with Gasteiger partial charge >= 0.3 is 0 Å².